The molecule has 2 heterocycles. The van der Waals surface area contributed by atoms with Crippen molar-refractivity contribution in [2.24, 2.45) is 0 Å². The van der Waals surface area contributed by atoms with Crippen molar-refractivity contribution in [2.75, 3.05) is 0 Å². The zero-order valence-corrected chi connectivity index (χ0v) is 8.48. The van der Waals surface area contributed by atoms with Gasteiger partial charge in [-0.25, -0.2) is 5.10 Å². The van der Waals surface area contributed by atoms with Crippen molar-refractivity contribution < 1.29 is 24.8 Å². The molecule has 0 aliphatic rings. The molecule has 0 fully saturated rings. The van der Waals surface area contributed by atoms with Crippen LogP contribution in [0.3, 0.4) is 0 Å². The summed E-state index contributed by atoms with van der Waals surface area (Å²) in [6.07, 6.45) is 5.09. The van der Waals surface area contributed by atoms with Crippen LogP contribution in [0, 0.1) is 0 Å². The van der Waals surface area contributed by atoms with Crippen molar-refractivity contribution in [3.8, 4) is 5.82 Å². The first-order valence-electron chi connectivity index (χ1n) is 3.24. The van der Waals surface area contributed by atoms with Gasteiger partial charge in [0.1, 0.15) is 12.4 Å². The van der Waals surface area contributed by atoms with Crippen LogP contribution in [-0.4, -0.2) is 10.1 Å². The maximum Gasteiger partial charge on any atom is 0.251 e. The Morgan fingerprint density at radius 3 is 2.75 bits per heavy atom. The minimum atomic E-state index is 0. The number of pyridine rings is 1. The van der Waals surface area contributed by atoms with Gasteiger partial charge in [0.25, 0.3) is 5.82 Å². The Balaban J connectivity index is 0.000000720. The van der Waals surface area contributed by atoms with Crippen LogP contribution < -0.4 is 9.90 Å². The summed E-state index contributed by atoms with van der Waals surface area (Å²) in [5.41, 5.74) is 0. The van der Waals surface area contributed by atoms with Crippen LogP contribution in [0.25, 0.3) is 5.82 Å². The number of hydrogen-bond acceptors (Lipinski definition) is 2. The van der Waals surface area contributed by atoms with Crippen molar-refractivity contribution >= 4 is 0 Å². The second kappa shape index (κ2) is 4.09. The van der Waals surface area contributed by atoms with Crippen molar-refractivity contribution in [1.82, 2.24) is 15.3 Å². The van der Waals surface area contributed by atoms with Crippen LogP contribution in [0.15, 0.2) is 36.8 Å². The molecule has 63 valence electrons. The van der Waals surface area contributed by atoms with E-state index in [2.05, 4.69) is 15.3 Å². The van der Waals surface area contributed by atoms with E-state index >= 15 is 0 Å². The molecule has 0 aliphatic heterocycles. The molecule has 12 heavy (non-hydrogen) atoms. The first kappa shape index (κ1) is 9.03. The molecule has 0 N–H and O–H groups in total. The molecule has 0 saturated carbocycles. The van der Waals surface area contributed by atoms with Crippen LogP contribution in [-0.2, 0) is 20.1 Å². The summed E-state index contributed by atoms with van der Waals surface area (Å²) in [5.74, 6) is 0.782. The van der Waals surface area contributed by atoms with E-state index in [9.17, 15) is 0 Å². The quantitative estimate of drug-likeness (QED) is 0.671. The molecule has 2 rings (SSSR count). The normalized spacial score (nSPS) is 9.00. The summed E-state index contributed by atoms with van der Waals surface area (Å²) in [6, 6.07) is 5.64. The standard InChI is InChI=1S/C7H6N4.Ir/c1-2-4-8-7(3-1)11-6-5-9-10-11;/h1-6H;. The fourth-order valence-corrected chi connectivity index (χ4v) is 0.820. The molecule has 1 radical (unpaired) electrons. The van der Waals surface area contributed by atoms with E-state index in [1.165, 1.54) is 0 Å². The van der Waals surface area contributed by atoms with E-state index in [0.29, 0.717) is 0 Å². The zero-order chi connectivity index (χ0) is 7.52. The average molecular weight is 338 g/mol. The van der Waals surface area contributed by atoms with Gasteiger partial charge in [-0.1, -0.05) is 6.07 Å². The Labute approximate surface area is 83.0 Å². The maximum atomic E-state index is 4.08. The minimum absolute atomic E-state index is 0. The third-order valence-electron chi connectivity index (χ3n) is 1.31. The smallest absolute Gasteiger partial charge is 0.251 e. The van der Waals surface area contributed by atoms with E-state index < -0.39 is 0 Å². The molecule has 0 unspecified atom stereocenters. The Morgan fingerprint density at radius 1 is 1.25 bits per heavy atom. The van der Waals surface area contributed by atoms with Gasteiger partial charge in [-0.15, -0.1) is 4.98 Å². The van der Waals surface area contributed by atoms with E-state index in [1.807, 2.05) is 18.2 Å². The van der Waals surface area contributed by atoms with Gasteiger partial charge in [-0.2, -0.15) is 0 Å². The van der Waals surface area contributed by atoms with Crippen molar-refractivity contribution in [3.63, 3.8) is 0 Å². The third-order valence-corrected chi connectivity index (χ3v) is 1.31. The largest absolute Gasteiger partial charge is 0.366 e. The van der Waals surface area contributed by atoms with E-state index in [-0.39, 0.29) is 20.1 Å². The molecule has 4 nitrogen and oxygen atoms in total. The predicted molar refractivity (Wildman–Crippen MR) is 36.9 cm³/mol. The molecule has 2 aromatic rings. The minimum Gasteiger partial charge on any atom is -0.366 e. The summed E-state index contributed by atoms with van der Waals surface area (Å²) in [4.78, 5) is 4.08. The van der Waals surface area contributed by atoms with Gasteiger partial charge in [0.15, 0.2) is 0 Å². The second-order valence-corrected chi connectivity index (χ2v) is 2.04. The Hall–Kier alpha value is -1.06. The summed E-state index contributed by atoms with van der Waals surface area (Å²) >= 11 is 0. The van der Waals surface area contributed by atoms with E-state index in [0.717, 1.165) is 5.82 Å². The fraction of sp³-hybridized carbons (Fsp3) is 0. The zero-order valence-electron chi connectivity index (χ0n) is 6.09. The van der Waals surface area contributed by atoms with Crippen molar-refractivity contribution in [1.29, 1.82) is 0 Å². The van der Waals surface area contributed by atoms with Crippen LogP contribution in [0.4, 0.5) is 0 Å². The van der Waals surface area contributed by atoms with Gasteiger partial charge in [0, 0.05) is 26.2 Å². The van der Waals surface area contributed by atoms with Crippen LogP contribution in [0.5, 0.6) is 0 Å². The molecule has 5 heteroatoms. The number of hydrogen-bond donors (Lipinski definition) is 0. The van der Waals surface area contributed by atoms with Gasteiger partial charge in [0.2, 0.25) is 0 Å². The third kappa shape index (κ3) is 1.75. The van der Waals surface area contributed by atoms with Gasteiger partial charge in [0.05, 0.1) is 6.20 Å². The van der Waals surface area contributed by atoms with Crippen LogP contribution >= 0.6 is 0 Å². The van der Waals surface area contributed by atoms with Gasteiger partial charge in [-0.3, -0.25) is 4.68 Å². The molecule has 0 aliphatic carbocycles. The molecular weight excluding hydrogens is 332 g/mol. The predicted octanol–water partition coefficient (Wildman–Crippen LogP) is -0.292. The monoisotopic (exact) mass is 339 g/mol. The molecule has 0 saturated heterocycles. The van der Waals surface area contributed by atoms with Gasteiger partial charge in [-0.05, 0) is 6.07 Å². The molecular formula is C7H6IrN4. The van der Waals surface area contributed by atoms with Crippen molar-refractivity contribution in [3.05, 3.63) is 36.8 Å². The summed E-state index contributed by atoms with van der Waals surface area (Å²) in [7, 11) is 0. The second-order valence-electron chi connectivity index (χ2n) is 2.04. The summed E-state index contributed by atoms with van der Waals surface area (Å²) < 4.78 is 1.61. The number of aromatic nitrogens is 4. The molecule has 2 aromatic heterocycles. The molecule has 0 bridgehead atoms. The number of nitrogens with zero attached hydrogens (tertiary/aromatic N) is 4. The SMILES string of the molecule is [Ir].c1ccc(-[n+]2ccn[n-]2)nc1. The van der Waals surface area contributed by atoms with E-state index in [4.69, 9.17) is 0 Å². The summed E-state index contributed by atoms with van der Waals surface area (Å²) in [5, 5.41) is 7.46. The number of rotatable bonds is 1. The Morgan fingerprint density at radius 2 is 2.17 bits per heavy atom. The van der Waals surface area contributed by atoms with Crippen LogP contribution in [0.1, 0.15) is 0 Å². The van der Waals surface area contributed by atoms with Gasteiger partial charge < -0.3 is 5.21 Å². The topological polar surface area (TPSA) is 43.8 Å². The Kier molecular flexibility index (Phi) is 3.08. The van der Waals surface area contributed by atoms with Gasteiger partial charge >= 0.3 is 0 Å². The average Bonchev–Trinajstić information content (AvgIpc) is 2.58. The Bertz CT molecular complexity index is 318. The first-order valence-corrected chi connectivity index (χ1v) is 3.24. The van der Waals surface area contributed by atoms with E-state index in [1.54, 1.807) is 23.3 Å². The molecule has 0 atom stereocenters. The molecule has 0 spiro atoms. The van der Waals surface area contributed by atoms with Crippen LogP contribution in [0.2, 0.25) is 0 Å². The maximum absolute atomic E-state index is 4.08. The van der Waals surface area contributed by atoms with Crippen molar-refractivity contribution in [2.45, 2.75) is 0 Å². The first-order chi connectivity index (χ1) is 5.47. The molecule has 0 amide bonds. The molecule has 0 aromatic carbocycles. The fourth-order valence-electron chi connectivity index (χ4n) is 0.820. The summed E-state index contributed by atoms with van der Waals surface area (Å²) in [6.45, 7) is 0.